The lowest BCUT2D eigenvalue weighted by atomic mass is 10.3. The van der Waals surface area contributed by atoms with Gasteiger partial charge in [0.05, 0.1) is 19.2 Å². The third-order valence-corrected chi connectivity index (χ3v) is 3.12. The summed E-state index contributed by atoms with van der Waals surface area (Å²) in [6.07, 6.45) is 3.15. The number of ether oxygens (including phenoxy) is 2. The van der Waals surface area contributed by atoms with E-state index in [1.54, 1.807) is 19.4 Å². The number of nitrogens with one attached hydrogen (secondary N) is 1. The van der Waals surface area contributed by atoms with Crippen LogP contribution in [0.25, 0.3) is 0 Å². The van der Waals surface area contributed by atoms with E-state index in [9.17, 15) is 4.79 Å². The molecule has 0 saturated heterocycles. The fourth-order valence-corrected chi connectivity index (χ4v) is 2.01. The van der Waals surface area contributed by atoms with Crippen LogP contribution in [0.15, 0.2) is 47.2 Å². The maximum absolute atomic E-state index is 11.8. The maximum Gasteiger partial charge on any atom is 0.253 e. The number of benzene rings is 1. The monoisotopic (exact) mass is 350 g/mol. The van der Waals surface area contributed by atoms with Crippen molar-refractivity contribution in [2.24, 2.45) is 0 Å². The minimum Gasteiger partial charge on any atom is -0.497 e. The summed E-state index contributed by atoms with van der Waals surface area (Å²) in [5.41, 5.74) is 0.508. The zero-order valence-corrected chi connectivity index (χ0v) is 13.1. The second kappa shape index (κ2) is 7.64. The van der Waals surface area contributed by atoms with Gasteiger partial charge in [-0.2, -0.15) is 0 Å². The van der Waals surface area contributed by atoms with Crippen LogP contribution in [0.5, 0.6) is 11.5 Å². The van der Waals surface area contributed by atoms with Crippen LogP contribution in [0.1, 0.15) is 10.4 Å². The van der Waals surface area contributed by atoms with Crippen LogP contribution in [0.2, 0.25) is 0 Å². The first-order valence-electron chi connectivity index (χ1n) is 6.34. The average Bonchev–Trinajstić information content (AvgIpc) is 2.52. The fourth-order valence-electron chi connectivity index (χ4n) is 1.64. The minimum atomic E-state index is -0.179. The Labute approximate surface area is 131 Å². The second-order valence-corrected chi connectivity index (χ2v) is 5.09. The molecule has 21 heavy (non-hydrogen) atoms. The molecule has 1 N–H and O–H groups in total. The smallest absolute Gasteiger partial charge is 0.253 e. The van der Waals surface area contributed by atoms with Crippen LogP contribution < -0.4 is 14.8 Å². The molecule has 2 rings (SSSR count). The molecule has 0 fully saturated rings. The van der Waals surface area contributed by atoms with Gasteiger partial charge in [-0.05, 0) is 46.3 Å². The van der Waals surface area contributed by atoms with Gasteiger partial charge < -0.3 is 14.8 Å². The Morgan fingerprint density at radius 3 is 2.62 bits per heavy atom. The molecule has 2 aromatic rings. The average molecular weight is 351 g/mol. The van der Waals surface area contributed by atoms with Gasteiger partial charge in [0, 0.05) is 16.9 Å². The van der Waals surface area contributed by atoms with Gasteiger partial charge in [-0.1, -0.05) is 0 Å². The van der Waals surface area contributed by atoms with Crippen molar-refractivity contribution in [2.45, 2.75) is 0 Å². The van der Waals surface area contributed by atoms with Crippen molar-refractivity contribution < 1.29 is 14.3 Å². The third kappa shape index (κ3) is 4.75. The molecule has 0 aliphatic heterocycles. The Bertz CT molecular complexity index is 602. The van der Waals surface area contributed by atoms with E-state index in [0.29, 0.717) is 18.7 Å². The summed E-state index contributed by atoms with van der Waals surface area (Å²) in [5, 5.41) is 2.77. The summed E-state index contributed by atoms with van der Waals surface area (Å²) < 4.78 is 11.4. The first-order valence-corrected chi connectivity index (χ1v) is 7.14. The lowest BCUT2D eigenvalue weighted by molar-refractivity contribution is 0.0946. The predicted molar refractivity (Wildman–Crippen MR) is 82.8 cm³/mol. The van der Waals surface area contributed by atoms with Crippen LogP contribution in [0.4, 0.5) is 0 Å². The van der Waals surface area contributed by atoms with Crippen molar-refractivity contribution in [1.29, 1.82) is 0 Å². The van der Waals surface area contributed by atoms with E-state index in [4.69, 9.17) is 9.47 Å². The summed E-state index contributed by atoms with van der Waals surface area (Å²) in [6.45, 7) is 0.802. The Morgan fingerprint density at radius 2 is 1.95 bits per heavy atom. The fraction of sp³-hybridized carbons (Fsp3) is 0.200. The highest BCUT2D eigenvalue weighted by molar-refractivity contribution is 9.10. The molecule has 0 radical (unpaired) electrons. The van der Waals surface area contributed by atoms with Gasteiger partial charge in [0.2, 0.25) is 0 Å². The quantitative estimate of drug-likeness (QED) is 0.813. The number of halogens is 1. The Kier molecular flexibility index (Phi) is 5.57. The van der Waals surface area contributed by atoms with Gasteiger partial charge in [0.15, 0.2) is 0 Å². The Balaban J connectivity index is 1.75. The van der Waals surface area contributed by atoms with Crippen LogP contribution in [-0.4, -0.2) is 31.2 Å². The van der Waals surface area contributed by atoms with Crippen LogP contribution in [0, 0.1) is 0 Å². The molecule has 0 saturated carbocycles. The molecular formula is C15H15BrN2O3. The highest BCUT2D eigenvalue weighted by Gasteiger charge is 2.05. The topological polar surface area (TPSA) is 60.5 Å². The van der Waals surface area contributed by atoms with E-state index in [1.165, 1.54) is 6.20 Å². The Morgan fingerprint density at radius 1 is 1.24 bits per heavy atom. The number of nitrogens with zero attached hydrogens (tertiary/aromatic N) is 1. The van der Waals surface area contributed by atoms with E-state index < -0.39 is 0 Å². The van der Waals surface area contributed by atoms with Gasteiger partial charge >= 0.3 is 0 Å². The highest BCUT2D eigenvalue weighted by atomic mass is 79.9. The van der Waals surface area contributed by atoms with Crippen molar-refractivity contribution in [3.63, 3.8) is 0 Å². The molecule has 0 aliphatic rings. The number of amides is 1. The van der Waals surface area contributed by atoms with E-state index in [0.717, 1.165) is 16.0 Å². The number of pyridine rings is 1. The SMILES string of the molecule is COc1ccc(OCCNC(=O)c2cncc(Br)c2)cc1. The van der Waals surface area contributed by atoms with Gasteiger partial charge in [0.1, 0.15) is 18.1 Å². The molecule has 1 aromatic carbocycles. The van der Waals surface area contributed by atoms with Crippen LogP contribution in [-0.2, 0) is 0 Å². The number of hydrogen-bond acceptors (Lipinski definition) is 4. The molecular weight excluding hydrogens is 336 g/mol. The zero-order chi connectivity index (χ0) is 15.1. The molecule has 110 valence electrons. The third-order valence-electron chi connectivity index (χ3n) is 2.68. The number of methoxy groups -OCH3 is 1. The summed E-state index contributed by atoms with van der Waals surface area (Å²) in [4.78, 5) is 15.8. The van der Waals surface area contributed by atoms with Crippen molar-refractivity contribution in [2.75, 3.05) is 20.3 Å². The van der Waals surface area contributed by atoms with Gasteiger partial charge in [-0.25, -0.2) is 0 Å². The molecule has 0 unspecified atom stereocenters. The zero-order valence-electron chi connectivity index (χ0n) is 11.5. The van der Waals surface area contributed by atoms with Crippen molar-refractivity contribution in [3.05, 3.63) is 52.8 Å². The van der Waals surface area contributed by atoms with Crippen molar-refractivity contribution in [1.82, 2.24) is 10.3 Å². The molecule has 1 aromatic heterocycles. The number of carbonyl (C=O) groups excluding carboxylic acids is 1. The lowest BCUT2D eigenvalue weighted by Gasteiger charge is -2.08. The first kappa shape index (κ1) is 15.3. The first-order chi connectivity index (χ1) is 10.2. The number of carbonyl (C=O) groups is 1. The standard InChI is InChI=1S/C15H15BrN2O3/c1-20-13-2-4-14(5-3-13)21-7-6-18-15(19)11-8-12(16)10-17-9-11/h2-5,8-10H,6-7H2,1H3,(H,18,19). The predicted octanol–water partition coefficient (Wildman–Crippen LogP) is 2.66. The lowest BCUT2D eigenvalue weighted by Crippen LogP contribution is -2.28. The summed E-state index contributed by atoms with van der Waals surface area (Å²) in [7, 11) is 1.61. The van der Waals surface area contributed by atoms with Crippen molar-refractivity contribution in [3.8, 4) is 11.5 Å². The molecule has 1 amide bonds. The normalized spacial score (nSPS) is 10.0. The molecule has 0 aliphatic carbocycles. The molecule has 0 spiro atoms. The number of rotatable bonds is 6. The number of aromatic nitrogens is 1. The van der Waals surface area contributed by atoms with E-state index in [1.807, 2.05) is 24.3 Å². The largest absolute Gasteiger partial charge is 0.497 e. The van der Waals surface area contributed by atoms with Crippen molar-refractivity contribution >= 4 is 21.8 Å². The van der Waals surface area contributed by atoms with E-state index in [2.05, 4.69) is 26.2 Å². The maximum atomic E-state index is 11.8. The molecule has 0 bridgehead atoms. The molecule has 5 nitrogen and oxygen atoms in total. The Hall–Kier alpha value is -2.08. The molecule has 1 heterocycles. The molecule has 0 atom stereocenters. The summed E-state index contributed by atoms with van der Waals surface area (Å²) >= 11 is 3.28. The van der Waals surface area contributed by atoms with Crippen LogP contribution in [0.3, 0.4) is 0 Å². The summed E-state index contributed by atoms with van der Waals surface area (Å²) in [6, 6.07) is 8.99. The van der Waals surface area contributed by atoms with E-state index >= 15 is 0 Å². The summed E-state index contributed by atoms with van der Waals surface area (Å²) in [5.74, 6) is 1.33. The number of hydrogen-bond donors (Lipinski definition) is 1. The van der Waals surface area contributed by atoms with Gasteiger partial charge in [-0.3, -0.25) is 9.78 Å². The molecule has 6 heteroatoms. The van der Waals surface area contributed by atoms with Gasteiger partial charge in [0.25, 0.3) is 5.91 Å². The van der Waals surface area contributed by atoms with Crippen LogP contribution >= 0.6 is 15.9 Å². The van der Waals surface area contributed by atoms with E-state index in [-0.39, 0.29) is 5.91 Å². The minimum absolute atomic E-state index is 0.179. The van der Waals surface area contributed by atoms with Gasteiger partial charge in [-0.15, -0.1) is 0 Å². The second-order valence-electron chi connectivity index (χ2n) is 4.17. The highest BCUT2D eigenvalue weighted by Crippen LogP contribution is 2.16.